The second kappa shape index (κ2) is 7.15. The number of amides is 1. The van der Waals surface area contributed by atoms with E-state index in [0.717, 1.165) is 29.0 Å². The van der Waals surface area contributed by atoms with Gasteiger partial charge in [0.15, 0.2) is 0 Å². The van der Waals surface area contributed by atoms with Gasteiger partial charge in [0.05, 0.1) is 17.3 Å². The van der Waals surface area contributed by atoms with E-state index in [2.05, 4.69) is 15.5 Å². The molecule has 2 heterocycles. The second-order valence-corrected chi connectivity index (χ2v) is 6.91. The average molecular weight is 395 g/mol. The van der Waals surface area contributed by atoms with Gasteiger partial charge >= 0.3 is 6.18 Å². The van der Waals surface area contributed by atoms with Crippen LogP contribution >= 0.6 is 11.3 Å². The number of nitrogens with one attached hydrogen (secondary N) is 1. The summed E-state index contributed by atoms with van der Waals surface area (Å²) in [6.07, 6.45) is -4.43. The molecular weight excluding hydrogens is 379 g/mol. The SMILES string of the molecule is Cc1noc(C)c1[C@@H](C)NC(=O)c1csc(-c2cccc(C(F)(F)F)c2)n1. The number of nitrogens with zero attached hydrogens (tertiary/aromatic N) is 2. The first-order valence-corrected chi connectivity index (χ1v) is 8.91. The number of benzene rings is 1. The Bertz CT molecular complexity index is 959. The third-order valence-electron chi connectivity index (χ3n) is 4.04. The van der Waals surface area contributed by atoms with E-state index in [0.29, 0.717) is 22.0 Å². The Hall–Kier alpha value is -2.68. The van der Waals surface area contributed by atoms with Crippen molar-refractivity contribution < 1.29 is 22.5 Å². The van der Waals surface area contributed by atoms with E-state index in [4.69, 9.17) is 4.52 Å². The molecule has 5 nitrogen and oxygen atoms in total. The number of aromatic nitrogens is 2. The first-order valence-electron chi connectivity index (χ1n) is 8.03. The minimum atomic E-state index is -4.43. The smallest absolute Gasteiger partial charge is 0.361 e. The van der Waals surface area contributed by atoms with Crippen molar-refractivity contribution >= 4 is 17.2 Å². The highest BCUT2D eigenvalue weighted by molar-refractivity contribution is 7.13. The minimum absolute atomic E-state index is 0.144. The van der Waals surface area contributed by atoms with Crippen molar-refractivity contribution in [2.75, 3.05) is 0 Å². The van der Waals surface area contributed by atoms with Crippen LogP contribution in [0.1, 0.15) is 46.0 Å². The van der Waals surface area contributed by atoms with Crippen LogP contribution in [0.25, 0.3) is 10.6 Å². The standard InChI is InChI=1S/C18H16F3N3O2S/c1-9(15-10(2)24-26-11(15)3)22-16(25)14-8-27-17(23-14)12-5-4-6-13(7-12)18(19,20)21/h4-9H,1-3H3,(H,22,25)/t9-/m1/s1. The Labute approximate surface area is 157 Å². The number of hydrogen-bond acceptors (Lipinski definition) is 5. The topological polar surface area (TPSA) is 68.0 Å². The summed E-state index contributed by atoms with van der Waals surface area (Å²) in [5.41, 5.74) is 1.17. The number of aryl methyl sites for hydroxylation is 2. The van der Waals surface area contributed by atoms with Gasteiger partial charge in [-0.25, -0.2) is 4.98 Å². The van der Waals surface area contributed by atoms with E-state index in [-0.39, 0.29) is 11.7 Å². The van der Waals surface area contributed by atoms with Crippen molar-refractivity contribution in [2.24, 2.45) is 0 Å². The molecule has 142 valence electrons. The number of carbonyl (C=O) groups is 1. The summed E-state index contributed by atoms with van der Waals surface area (Å²) < 4.78 is 43.7. The zero-order valence-corrected chi connectivity index (χ0v) is 15.5. The molecule has 0 aliphatic carbocycles. The molecule has 0 fully saturated rings. The zero-order chi connectivity index (χ0) is 19.8. The molecule has 3 aromatic rings. The molecule has 0 aliphatic rings. The maximum absolute atomic E-state index is 12.9. The van der Waals surface area contributed by atoms with Crippen LogP contribution in [-0.2, 0) is 6.18 Å². The summed E-state index contributed by atoms with van der Waals surface area (Å²) in [6, 6.07) is 4.52. The fourth-order valence-corrected chi connectivity index (χ4v) is 3.59. The van der Waals surface area contributed by atoms with Crippen molar-refractivity contribution in [1.29, 1.82) is 0 Å². The summed E-state index contributed by atoms with van der Waals surface area (Å²) in [7, 11) is 0. The quantitative estimate of drug-likeness (QED) is 0.681. The fourth-order valence-electron chi connectivity index (χ4n) is 2.79. The molecule has 0 saturated carbocycles. The van der Waals surface area contributed by atoms with Gasteiger partial charge in [0.1, 0.15) is 16.5 Å². The van der Waals surface area contributed by atoms with Crippen LogP contribution in [0.4, 0.5) is 13.2 Å². The van der Waals surface area contributed by atoms with Crippen LogP contribution in [0.3, 0.4) is 0 Å². The minimum Gasteiger partial charge on any atom is -0.361 e. The van der Waals surface area contributed by atoms with Gasteiger partial charge in [0, 0.05) is 16.5 Å². The third-order valence-corrected chi connectivity index (χ3v) is 4.93. The molecule has 1 aromatic carbocycles. The van der Waals surface area contributed by atoms with Crippen molar-refractivity contribution in [3.05, 3.63) is 57.9 Å². The molecule has 0 saturated heterocycles. The third kappa shape index (κ3) is 4.02. The van der Waals surface area contributed by atoms with Gasteiger partial charge in [0.2, 0.25) is 0 Å². The Kier molecular flexibility index (Phi) is 5.05. The average Bonchev–Trinajstić information content (AvgIpc) is 3.21. The predicted octanol–water partition coefficient (Wildman–Crippen LogP) is 4.92. The second-order valence-electron chi connectivity index (χ2n) is 6.05. The summed E-state index contributed by atoms with van der Waals surface area (Å²) >= 11 is 1.11. The highest BCUT2D eigenvalue weighted by Gasteiger charge is 2.30. The van der Waals surface area contributed by atoms with Gasteiger partial charge in [-0.3, -0.25) is 4.79 Å². The highest BCUT2D eigenvalue weighted by atomic mass is 32.1. The monoisotopic (exact) mass is 395 g/mol. The lowest BCUT2D eigenvalue weighted by molar-refractivity contribution is -0.137. The van der Waals surface area contributed by atoms with Crippen LogP contribution in [0.15, 0.2) is 34.2 Å². The van der Waals surface area contributed by atoms with E-state index >= 15 is 0 Å². The lowest BCUT2D eigenvalue weighted by Gasteiger charge is -2.12. The lowest BCUT2D eigenvalue weighted by atomic mass is 10.1. The lowest BCUT2D eigenvalue weighted by Crippen LogP contribution is -2.27. The van der Waals surface area contributed by atoms with E-state index in [1.165, 1.54) is 17.5 Å². The molecule has 0 unspecified atom stereocenters. The number of hydrogen-bond donors (Lipinski definition) is 1. The van der Waals surface area contributed by atoms with Gasteiger partial charge in [-0.2, -0.15) is 13.2 Å². The Morgan fingerprint density at radius 2 is 2.04 bits per heavy atom. The molecule has 2 aromatic heterocycles. The molecule has 1 N–H and O–H groups in total. The molecule has 27 heavy (non-hydrogen) atoms. The van der Waals surface area contributed by atoms with E-state index < -0.39 is 17.6 Å². The number of halogens is 3. The maximum Gasteiger partial charge on any atom is 0.416 e. The van der Waals surface area contributed by atoms with Gasteiger partial charge in [-0.1, -0.05) is 17.3 Å². The first kappa shape index (κ1) is 19.1. The van der Waals surface area contributed by atoms with Gasteiger partial charge < -0.3 is 9.84 Å². The molecule has 0 aliphatic heterocycles. The molecule has 0 spiro atoms. The Morgan fingerprint density at radius 3 is 2.67 bits per heavy atom. The van der Waals surface area contributed by atoms with Crippen molar-refractivity contribution in [3.8, 4) is 10.6 Å². The number of thiazole rings is 1. The van der Waals surface area contributed by atoms with Crippen LogP contribution in [0, 0.1) is 13.8 Å². The molecule has 1 amide bonds. The first-order chi connectivity index (χ1) is 12.7. The summed E-state index contributed by atoms with van der Waals surface area (Å²) in [5.74, 6) is 0.195. The summed E-state index contributed by atoms with van der Waals surface area (Å²) in [5, 5.41) is 8.53. The maximum atomic E-state index is 12.9. The van der Waals surface area contributed by atoms with Crippen LogP contribution in [-0.4, -0.2) is 16.0 Å². The van der Waals surface area contributed by atoms with Crippen LogP contribution in [0.2, 0.25) is 0 Å². The fraction of sp³-hybridized carbons (Fsp3) is 0.278. The highest BCUT2D eigenvalue weighted by Crippen LogP contribution is 2.33. The zero-order valence-electron chi connectivity index (χ0n) is 14.7. The van der Waals surface area contributed by atoms with Gasteiger partial charge in [-0.15, -0.1) is 11.3 Å². The molecular formula is C18H16F3N3O2S. The van der Waals surface area contributed by atoms with Crippen molar-refractivity contribution in [3.63, 3.8) is 0 Å². The largest absolute Gasteiger partial charge is 0.416 e. The van der Waals surface area contributed by atoms with Gasteiger partial charge in [0.25, 0.3) is 5.91 Å². The molecule has 3 rings (SSSR count). The molecule has 9 heteroatoms. The number of carbonyl (C=O) groups excluding carboxylic acids is 1. The van der Waals surface area contributed by atoms with E-state index in [1.54, 1.807) is 20.8 Å². The van der Waals surface area contributed by atoms with E-state index in [9.17, 15) is 18.0 Å². The van der Waals surface area contributed by atoms with Crippen LogP contribution in [0.5, 0.6) is 0 Å². The number of alkyl halides is 3. The molecule has 1 atom stereocenters. The summed E-state index contributed by atoms with van der Waals surface area (Å²) in [4.78, 5) is 16.6. The predicted molar refractivity (Wildman–Crippen MR) is 94.4 cm³/mol. The van der Waals surface area contributed by atoms with Crippen molar-refractivity contribution in [2.45, 2.75) is 33.0 Å². The Morgan fingerprint density at radius 1 is 1.30 bits per heavy atom. The normalized spacial score (nSPS) is 12.8. The van der Waals surface area contributed by atoms with Crippen molar-refractivity contribution in [1.82, 2.24) is 15.5 Å². The number of rotatable bonds is 4. The van der Waals surface area contributed by atoms with Crippen LogP contribution < -0.4 is 5.32 Å². The molecule has 0 radical (unpaired) electrons. The Balaban J connectivity index is 1.79. The molecule has 0 bridgehead atoms. The van der Waals surface area contributed by atoms with E-state index in [1.807, 2.05) is 0 Å². The summed E-state index contributed by atoms with van der Waals surface area (Å²) in [6.45, 7) is 5.33. The van der Waals surface area contributed by atoms with Gasteiger partial charge in [-0.05, 0) is 32.9 Å².